The molecular formula is C14H24ClN3S. The van der Waals surface area contributed by atoms with Crippen molar-refractivity contribution < 1.29 is 0 Å². The first-order valence-electron chi connectivity index (χ1n) is 6.99. The zero-order valence-corrected chi connectivity index (χ0v) is 13.4. The van der Waals surface area contributed by atoms with Crippen LogP contribution in [0.5, 0.6) is 0 Å². The van der Waals surface area contributed by atoms with Gasteiger partial charge in [-0.3, -0.25) is 11.3 Å². The summed E-state index contributed by atoms with van der Waals surface area (Å²) in [5.74, 6) is 5.91. The molecule has 0 amide bonds. The van der Waals surface area contributed by atoms with E-state index >= 15 is 0 Å². The zero-order valence-electron chi connectivity index (χ0n) is 11.8. The van der Waals surface area contributed by atoms with Crippen molar-refractivity contribution in [2.75, 3.05) is 14.1 Å². The van der Waals surface area contributed by atoms with Gasteiger partial charge in [0.05, 0.1) is 10.4 Å². The summed E-state index contributed by atoms with van der Waals surface area (Å²) in [6.45, 7) is 0. The second-order valence-electron chi connectivity index (χ2n) is 5.65. The number of halogens is 1. The van der Waals surface area contributed by atoms with Crippen LogP contribution in [-0.4, -0.2) is 24.5 Å². The van der Waals surface area contributed by atoms with Crippen molar-refractivity contribution in [3.63, 3.8) is 0 Å². The van der Waals surface area contributed by atoms with Gasteiger partial charge < -0.3 is 4.90 Å². The normalized spacial score (nSPS) is 21.3. The molecule has 1 aromatic heterocycles. The minimum Gasteiger partial charge on any atom is -0.302 e. The van der Waals surface area contributed by atoms with E-state index in [0.29, 0.717) is 0 Å². The lowest BCUT2D eigenvalue weighted by Crippen LogP contribution is -2.54. The Hall–Kier alpha value is -0.130. The zero-order chi connectivity index (χ0) is 13.9. The van der Waals surface area contributed by atoms with E-state index in [1.165, 1.54) is 43.4 Å². The minimum atomic E-state index is 0.0967. The molecule has 0 radical (unpaired) electrons. The van der Waals surface area contributed by atoms with Crippen molar-refractivity contribution in [2.45, 2.75) is 50.1 Å². The number of thiophene rings is 1. The highest BCUT2D eigenvalue weighted by Crippen LogP contribution is 2.43. The number of rotatable bonds is 4. The van der Waals surface area contributed by atoms with Crippen LogP contribution in [0, 0.1) is 0 Å². The number of nitrogens with one attached hydrogen (secondary N) is 1. The summed E-state index contributed by atoms with van der Waals surface area (Å²) < 4.78 is 0.831. The van der Waals surface area contributed by atoms with E-state index in [2.05, 4.69) is 30.5 Å². The molecule has 2 rings (SSSR count). The molecule has 0 aromatic carbocycles. The lowest BCUT2D eigenvalue weighted by atomic mass is 9.81. The Morgan fingerprint density at radius 3 is 2.32 bits per heavy atom. The Balaban J connectivity index is 2.34. The second-order valence-corrected chi connectivity index (χ2v) is 7.40. The van der Waals surface area contributed by atoms with Crippen LogP contribution in [0.4, 0.5) is 0 Å². The summed E-state index contributed by atoms with van der Waals surface area (Å²) in [4.78, 5) is 3.60. The predicted octanol–water partition coefficient (Wildman–Crippen LogP) is 3.56. The van der Waals surface area contributed by atoms with E-state index in [1.807, 2.05) is 6.07 Å². The molecule has 3 N–H and O–H groups in total. The fourth-order valence-corrected chi connectivity index (χ4v) is 4.55. The summed E-state index contributed by atoms with van der Waals surface area (Å²) in [5, 5.41) is 0. The maximum absolute atomic E-state index is 6.09. The quantitative estimate of drug-likeness (QED) is 0.507. The maximum atomic E-state index is 6.09. The van der Waals surface area contributed by atoms with Crippen molar-refractivity contribution in [3.8, 4) is 0 Å². The summed E-state index contributed by atoms with van der Waals surface area (Å²) in [6.07, 6.45) is 7.58. The minimum absolute atomic E-state index is 0.0967. The lowest BCUT2D eigenvalue weighted by Gasteiger charge is -2.45. The van der Waals surface area contributed by atoms with E-state index in [4.69, 9.17) is 17.4 Å². The molecule has 1 fully saturated rings. The fourth-order valence-electron chi connectivity index (χ4n) is 3.32. The SMILES string of the molecule is CN(C)C1(C(NN)c2ccc(Cl)s2)CCCCCC1. The molecule has 5 heteroatoms. The third kappa shape index (κ3) is 3.14. The van der Waals surface area contributed by atoms with Crippen molar-refractivity contribution in [3.05, 3.63) is 21.3 Å². The Kier molecular flexibility index (Phi) is 5.26. The molecule has 0 spiro atoms. The Labute approximate surface area is 125 Å². The molecule has 1 heterocycles. The third-order valence-corrected chi connectivity index (χ3v) is 5.74. The first kappa shape index (κ1) is 15.3. The molecule has 0 bridgehead atoms. The van der Waals surface area contributed by atoms with Gasteiger partial charge in [-0.2, -0.15) is 0 Å². The van der Waals surface area contributed by atoms with Gasteiger partial charge in [-0.15, -0.1) is 11.3 Å². The van der Waals surface area contributed by atoms with Crippen LogP contribution < -0.4 is 11.3 Å². The molecule has 108 valence electrons. The summed E-state index contributed by atoms with van der Waals surface area (Å²) in [6, 6.07) is 4.22. The number of nitrogens with two attached hydrogens (primary N) is 1. The first-order valence-corrected chi connectivity index (χ1v) is 8.18. The van der Waals surface area contributed by atoms with E-state index in [9.17, 15) is 0 Å². The Morgan fingerprint density at radius 2 is 1.89 bits per heavy atom. The molecule has 1 aromatic rings. The predicted molar refractivity (Wildman–Crippen MR) is 83.5 cm³/mol. The summed E-state index contributed by atoms with van der Waals surface area (Å²) in [7, 11) is 4.34. The molecule has 0 saturated heterocycles. The van der Waals surface area contributed by atoms with E-state index in [-0.39, 0.29) is 11.6 Å². The van der Waals surface area contributed by atoms with Crippen LogP contribution in [0.3, 0.4) is 0 Å². The first-order chi connectivity index (χ1) is 9.10. The third-order valence-electron chi connectivity index (χ3n) is 4.44. The molecule has 1 atom stereocenters. The van der Waals surface area contributed by atoms with Crippen LogP contribution in [0.1, 0.15) is 49.4 Å². The van der Waals surface area contributed by atoms with Crippen molar-refractivity contribution in [1.82, 2.24) is 10.3 Å². The van der Waals surface area contributed by atoms with E-state index < -0.39 is 0 Å². The van der Waals surface area contributed by atoms with E-state index in [0.717, 1.165) is 4.34 Å². The molecule has 1 aliphatic rings. The molecule has 19 heavy (non-hydrogen) atoms. The second kappa shape index (κ2) is 6.55. The van der Waals surface area contributed by atoms with Crippen LogP contribution in [0.15, 0.2) is 12.1 Å². The average Bonchev–Trinajstić information content (AvgIpc) is 2.66. The number of hydrogen-bond acceptors (Lipinski definition) is 4. The molecule has 1 unspecified atom stereocenters. The van der Waals surface area contributed by atoms with Gasteiger partial charge in [-0.05, 0) is 39.1 Å². The Morgan fingerprint density at radius 1 is 1.26 bits per heavy atom. The topological polar surface area (TPSA) is 41.3 Å². The number of likely N-dealkylation sites (N-methyl/N-ethyl adjacent to an activating group) is 1. The fraction of sp³-hybridized carbons (Fsp3) is 0.714. The van der Waals surface area contributed by atoms with Crippen LogP contribution in [0.2, 0.25) is 4.34 Å². The number of hydrazine groups is 1. The van der Waals surface area contributed by atoms with Gasteiger partial charge in [-0.1, -0.05) is 37.3 Å². The number of hydrogen-bond donors (Lipinski definition) is 2. The van der Waals surface area contributed by atoms with Crippen LogP contribution in [-0.2, 0) is 0 Å². The highest BCUT2D eigenvalue weighted by atomic mass is 35.5. The van der Waals surface area contributed by atoms with Crippen molar-refractivity contribution in [1.29, 1.82) is 0 Å². The Bertz CT molecular complexity index is 397. The standard InChI is InChI=1S/C14H24ClN3S/c1-18(2)14(9-5-3-4-6-10-14)13(17-16)11-7-8-12(15)19-11/h7-8,13,17H,3-6,9-10,16H2,1-2H3. The van der Waals surface area contributed by atoms with E-state index in [1.54, 1.807) is 11.3 Å². The van der Waals surface area contributed by atoms with Crippen LogP contribution in [0.25, 0.3) is 0 Å². The highest BCUT2D eigenvalue weighted by molar-refractivity contribution is 7.16. The molecular weight excluding hydrogens is 278 g/mol. The van der Waals surface area contributed by atoms with Gasteiger partial charge in [-0.25, -0.2) is 0 Å². The monoisotopic (exact) mass is 301 g/mol. The summed E-state index contributed by atoms with van der Waals surface area (Å²) in [5.41, 5.74) is 3.16. The lowest BCUT2D eigenvalue weighted by molar-refractivity contribution is 0.0815. The van der Waals surface area contributed by atoms with Crippen molar-refractivity contribution in [2.24, 2.45) is 5.84 Å². The molecule has 3 nitrogen and oxygen atoms in total. The van der Waals surface area contributed by atoms with Crippen molar-refractivity contribution >= 4 is 22.9 Å². The van der Waals surface area contributed by atoms with Gasteiger partial charge >= 0.3 is 0 Å². The highest BCUT2D eigenvalue weighted by Gasteiger charge is 2.41. The van der Waals surface area contributed by atoms with Gasteiger partial charge in [0.1, 0.15) is 0 Å². The van der Waals surface area contributed by atoms with Crippen LogP contribution >= 0.6 is 22.9 Å². The smallest absolute Gasteiger partial charge is 0.0931 e. The largest absolute Gasteiger partial charge is 0.302 e. The molecule has 1 saturated carbocycles. The average molecular weight is 302 g/mol. The van der Waals surface area contributed by atoms with Gasteiger partial charge in [0.25, 0.3) is 0 Å². The summed E-state index contributed by atoms with van der Waals surface area (Å²) >= 11 is 7.73. The van der Waals surface area contributed by atoms with Gasteiger partial charge in [0.2, 0.25) is 0 Å². The maximum Gasteiger partial charge on any atom is 0.0931 e. The number of nitrogens with zero attached hydrogens (tertiary/aromatic N) is 1. The van der Waals surface area contributed by atoms with Gasteiger partial charge in [0, 0.05) is 10.4 Å². The van der Waals surface area contributed by atoms with Gasteiger partial charge in [0.15, 0.2) is 0 Å². The molecule has 0 aliphatic heterocycles. The molecule has 1 aliphatic carbocycles.